The van der Waals surface area contributed by atoms with E-state index in [4.69, 9.17) is 5.73 Å². The lowest BCUT2D eigenvalue weighted by Crippen LogP contribution is -2.45. The van der Waals surface area contributed by atoms with Crippen LogP contribution in [0.5, 0.6) is 0 Å². The molecule has 1 saturated heterocycles. The second kappa shape index (κ2) is 2.92. The van der Waals surface area contributed by atoms with Crippen LogP contribution in [0.2, 0.25) is 0 Å². The zero-order chi connectivity index (χ0) is 7.56. The number of nitrogens with two attached hydrogens (primary N) is 1. The third-order valence-electron chi connectivity index (χ3n) is 1.91. The van der Waals surface area contributed by atoms with Gasteiger partial charge in [-0.2, -0.15) is 0 Å². The normalized spacial score (nSPS) is 21.1. The number of piperazine rings is 1. The van der Waals surface area contributed by atoms with E-state index in [-0.39, 0.29) is 0 Å². The maximum absolute atomic E-state index is 5.53. The molecule has 1 aliphatic rings. The Kier molecular flexibility index (Phi) is 2.17. The van der Waals surface area contributed by atoms with Crippen LogP contribution in [0.4, 0.5) is 0 Å². The van der Waals surface area contributed by atoms with Crippen LogP contribution < -0.4 is 5.73 Å². The van der Waals surface area contributed by atoms with E-state index in [9.17, 15) is 0 Å². The second-order valence-corrected chi connectivity index (χ2v) is 2.78. The summed E-state index contributed by atoms with van der Waals surface area (Å²) in [6.45, 7) is 7.92. The Bertz CT molecular complexity index is 125. The topological polar surface area (TPSA) is 32.5 Å². The van der Waals surface area contributed by atoms with Crippen molar-refractivity contribution < 1.29 is 0 Å². The minimum absolute atomic E-state index is 0.702. The van der Waals surface area contributed by atoms with Crippen LogP contribution in [0.3, 0.4) is 0 Å². The first kappa shape index (κ1) is 7.41. The highest BCUT2D eigenvalue weighted by Crippen LogP contribution is 2.01. The van der Waals surface area contributed by atoms with Crippen molar-refractivity contribution in [2.45, 2.75) is 0 Å². The van der Waals surface area contributed by atoms with E-state index >= 15 is 0 Å². The second-order valence-electron chi connectivity index (χ2n) is 2.78. The molecule has 0 unspecified atom stereocenters. The van der Waals surface area contributed by atoms with Gasteiger partial charge in [0.15, 0.2) is 0 Å². The molecule has 1 aliphatic heterocycles. The molecule has 0 saturated carbocycles. The first-order valence-electron chi connectivity index (χ1n) is 3.58. The molecule has 0 spiro atoms. The molecule has 0 aromatic rings. The molecule has 1 fully saturated rings. The maximum Gasteiger partial charge on any atom is 0.0913 e. The molecule has 0 bridgehead atoms. The summed E-state index contributed by atoms with van der Waals surface area (Å²) in [6.07, 6.45) is 0. The van der Waals surface area contributed by atoms with Crippen molar-refractivity contribution in [3.8, 4) is 0 Å². The molecule has 3 nitrogen and oxygen atoms in total. The van der Waals surface area contributed by atoms with Crippen LogP contribution in [0.25, 0.3) is 0 Å². The van der Waals surface area contributed by atoms with Gasteiger partial charge in [-0.3, -0.25) is 0 Å². The molecular weight excluding hydrogens is 126 g/mol. The Morgan fingerprint density at radius 2 is 1.80 bits per heavy atom. The lowest BCUT2D eigenvalue weighted by Gasteiger charge is -2.33. The Hall–Kier alpha value is -0.700. The van der Waals surface area contributed by atoms with Crippen LogP contribution in [0.1, 0.15) is 0 Å². The monoisotopic (exact) mass is 141 g/mol. The highest BCUT2D eigenvalue weighted by Gasteiger charge is 2.12. The third kappa shape index (κ3) is 1.64. The molecule has 3 heteroatoms. The van der Waals surface area contributed by atoms with Crippen molar-refractivity contribution in [2.75, 3.05) is 33.2 Å². The van der Waals surface area contributed by atoms with Gasteiger partial charge in [0, 0.05) is 26.2 Å². The number of hydrogen-bond donors (Lipinski definition) is 1. The highest BCUT2D eigenvalue weighted by atomic mass is 15.3. The summed E-state index contributed by atoms with van der Waals surface area (Å²) < 4.78 is 0. The fourth-order valence-corrected chi connectivity index (χ4v) is 1.09. The molecule has 0 aliphatic carbocycles. The molecular formula is C7H15N3. The first-order chi connectivity index (χ1) is 4.70. The van der Waals surface area contributed by atoms with Gasteiger partial charge in [0.25, 0.3) is 0 Å². The average Bonchev–Trinajstić information content (AvgIpc) is 1.88. The SMILES string of the molecule is C=C(N)N1CCN(C)CC1. The molecule has 0 aromatic heterocycles. The smallest absolute Gasteiger partial charge is 0.0913 e. The van der Waals surface area contributed by atoms with Gasteiger partial charge in [0.2, 0.25) is 0 Å². The largest absolute Gasteiger partial charge is 0.386 e. The van der Waals surface area contributed by atoms with E-state index in [1.807, 2.05) is 0 Å². The molecule has 0 radical (unpaired) electrons. The Morgan fingerprint density at radius 3 is 2.20 bits per heavy atom. The summed E-state index contributed by atoms with van der Waals surface area (Å²) in [5.74, 6) is 0.702. The minimum Gasteiger partial charge on any atom is -0.386 e. The van der Waals surface area contributed by atoms with Crippen LogP contribution in [-0.4, -0.2) is 43.0 Å². The predicted octanol–water partition coefficient (Wildman–Crippen LogP) is -0.336. The van der Waals surface area contributed by atoms with Crippen LogP contribution in [0.15, 0.2) is 12.4 Å². The lowest BCUT2D eigenvalue weighted by molar-refractivity contribution is 0.185. The van der Waals surface area contributed by atoms with Crippen LogP contribution in [0, 0.1) is 0 Å². The molecule has 0 aromatic carbocycles. The van der Waals surface area contributed by atoms with Gasteiger partial charge in [-0.1, -0.05) is 6.58 Å². The Balaban J connectivity index is 2.33. The molecule has 0 amide bonds. The van der Waals surface area contributed by atoms with Crippen LogP contribution >= 0.6 is 0 Å². The predicted molar refractivity (Wildman–Crippen MR) is 42.4 cm³/mol. The molecule has 2 N–H and O–H groups in total. The molecule has 10 heavy (non-hydrogen) atoms. The van der Waals surface area contributed by atoms with Gasteiger partial charge in [0.05, 0.1) is 5.82 Å². The first-order valence-corrected chi connectivity index (χ1v) is 3.58. The third-order valence-corrected chi connectivity index (χ3v) is 1.91. The molecule has 58 valence electrons. The van der Waals surface area contributed by atoms with Crippen molar-refractivity contribution >= 4 is 0 Å². The number of rotatable bonds is 1. The van der Waals surface area contributed by atoms with Gasteiger partial charge < -0.3 is 15.5 Å². The summed E-state index contributed by atoms with van der Waals surface area (Å²) in [6, 6.07) is 0. The number of nitrogens with zero attached hydrogens (tertiary/aromatic N) is 2. The fourth-order valence-electron chi connectivity index (χ4n) is 1.09. The van der Waals surface area contributed by atoms with E-state index in [1.54, 1.807) is 0 Å². The zero-order valence-electron chi connectivity index (χ0n) is 6.51. The summed E-state index contributed by atoms with van der Waals surface area (Å²) in [5, 5.41) is 0. The summed E-state index contributed by atoms with van der Waals surface area (Å²) >= 11 is 0. The van der Waals surface area contributed by atoms with Gasteiger partial charge in [-0.25, -0.2) is 0 Å². The van der Waals surface area contributed by atoms with Gasteiger partial charge in [-0.15, -0.1) is 0 Å². The Labute approximate surface area is 62.1 Å². The van der Waals surface area contributed by atoms with E-state index in [2.05, 4.69) is 23.4 Å². The molecule has 0 atom stereocenters. The van der Waals surface area contributed by atoms with Crippen molar-refractivity contribution in [3.05, 3.63) is 12.4 Å². The standard InChI is InChI=1S/C7H15N3/c1-7(8)10-5-3-9(2)4-6-10/h1,3-6,8H2,2H3. The summed E-state index contributed by atoms with van der Waals surface area (Å²) in [4.78, 5) is 4.40. The van der Waals surface area contributed by atoms with Gasteiger partial charge in [0.1, 0.15) is 0 Å². The maximum atomic E-state index is 5.53. The van der Waals surface area contributed by atoms with Gasteiger partial charge in [-0.05, 0) is 7.05 Å². The van der Waals surface area contributed by atoms with Crippen LogP contribution in [-0.2, 0) is 0 Å². The van der Waals surface area contributed by atoms with Crippen molar-refractivity contribution in [3.63, 3.8) is 0 Å². The minimum atomic E-state index is 0.702. The van der Waals surface area contributed by atoms with Gasteiger partial charge >= 0.3 is 0 Å². The Morgan fingerprint density at radius 1 is 1.30 bits per heavy atom. The van der Waals surface area contributed by atoms with Crippen molar-refractivity contribution in [2.24, 2.45) is 5.73 Å². The quantitative estimate of drug-likeness (QED) is 0.542. The number of hydrogen-bond acceptors (Lipinski definition) is 3. The number of likely N-dealkylation sites (N-methyl/N-ethyl adjacent to an activating group) is 1. The zero-order valence-corrected chi connectivity index (χ0v) is 6.51. The van der Waals surface area contributed by atoms with E-state index in [0.717, 1.165) is 26.2 Å². The van der Waals surface area contributed by atoms with E-state index in [1.165, 1.54) is 0 Å². The van der Waals surface area contributed by atoms with Crippen molar-refractivity contribution in [1.82, 2.24) is 9.80 Å². The molecule has 1 rings (SSSR count). The lowest BCUT2D eigenvalue weighted by atomic mass is 10.3. The van der Waals surface area contributed by atoms with E-state index in [0.29, 0.717) is 5.82 Å². The summed E-state index contributed by atoms with van der Waals surface area (Å²) in [5.41, 5.74) is 5.53. The summed E-state index contributed by atoms with van der Waals surface area (Å²) in [7, 11) is 2.12. The average molecular weight is 141 g/mol. The van der Waals surface area contributed by atoms with E-state index < -0.39 is 0 Å². The molecule has 1 heterocycles. The fraction of sp³-hybridized carbons (Fsp3) is 0.714. The van der Waals surface area contributed by atoms with Crippen molar-refractivity contribution in [1.29, 1.82) is 0 Å². The highest BCUT2D eigenvalue weighted by molar-refractivity contribution is 4.89.